The number of amides is 5. The van der Waals surface area contributed by atoms with E-state index >= 15 is 0 Å². The van der Waals surface area contributed by atoms with Gasteiger partial charge < -0.3 is 45.1 Å². The molecule has 4 atom stereocenters. The summed E-state index contributed by atoms with van der Waals surface area (Å²) in [5.41, 5.74) is 1.27. The number of carbonyl (C=O) groups excluding carboxylic acids is 3. The van der Waals surface area contributed by atoms with Crippen molar-refractivity contribution in [3.8, 4) is 11.5 Å². The SMILES string of the molecule is COc1ccc(NC(=O)Nc2ccc3c(c2)C(=O)N([C@H](C)CO)C[C@@H](C)[C@H](CN(C)C(=O)NC2CCCCC2)OCCCC[C@@H](C)O3)cc1. The summed E-state index contributed by atoms with van der Waals surface area (Å²) in [7, 11) is 3.36. The maximum Gasteiger partial charge on any atom is 0.323 e. The molecule has 2 aliphatic rings. The number of aliphatic hydroxyl groups excluding tert-OH is 1. The van der Waals surface area contributed by atoms with E-state index in [-0.39, 0.29) is 54.8 Å². The van der Waals surface area contributed by atoms with Crippen LogP contribution in [-0.4, -0.2) is 97.6 Å². The fourth-order valence-corrected chi connectivity index (χ4v) is 6.32. The summed E-state index contributed by atoms with van der Waals surface area (Å²) in [4.78, 5) is 43.7. The van der Waals surface area contributed by atoms with Crippen LogP contribution in [0.25, 0.3) is 0 Å². The molecule has 270 valence electrons. The Morgan fingerprint density at radius 1 is 1.00 bits per heavy atom. The van der Waals surface area contributed by atoms with Gasteiger partial charge in [-0.1, -0.05) is 26.2 Å². The van der Waals surface area contributed by atoms with Crippen molar-refractivity contribution >= 4 is 29.3 Å². The Labute approximate surface area is 290 Å². The summed E-state index contributed by atoms with van der Waals surface area (Å²) in [6.07, 6.45) is 7.39. The number of ether oxygens (including phenoxy) is 3. The lowest BCUT2D eigenvalue weighted by Gasteiger charge is -2.36. The third kappa shape index (κ3) is 11.3. The molecule has 1 saturated carbocycles. The number of aliphatic hydroxyl groups is 1. The number of benzene rings is 2. The highest BCUT2D eigenvalue weighted by Gasteiger charge is 2.31. The molecule has 12 nitrogen and oxygen atoms in total. The normalized spacial score (nSPS) is 21.7. The first-order valence-electron chi connectivity index (χ1n) is 17.7. The van der Waals surface area contributed by atoms with Gasteiger partial charge in [0.1, 0.15) is 11.5 Å². The van der Waals surface area contributed by atoms with E-state index in [9.17, 15) is 19.5 Å². The van der Waals surface area contributed by atoms with Gasteiger partial charge in [-0.05, 0) is 88.4 Å². The predicted octanol–water partition coefficient (Wildman–Crippen LogP) is 6.11. The topological polar surface area (TPSA) is 142 Å². The molecule has 2 aromatic carbocycles. The van der Waals surface area contributed by atoms with Crippen LogP contribution in [0, 0.1) is 5.92 Å². The maximum atomic E-state index is 14.4. The Bertz CT molecular complexity index is 1370. The molecule has 0 aromatic heterocycles. The molecule has 12 heteroatoms. The number of nitrogens with zero attached hydrogens (tertiary/aromatic N) is 2. The standard InChI is InChI=1S/C37H55N5O7/c1-25-22-42(26(2)24-43)35(44)32-21-30(39-36(45)38-29-14-17-31(47-5)18-15-29)16-19-33(32)49-27(3)11-9-10-20-48-34(25)23-41(4)37(46)40-28-12-7-6-8-13-28/h14-19,21,25-28,34,43H,6-13,20,22-24H2,1-5H3,(H,40,46)(H2,38,39,45)/t25-,26-,27-,34+/m1/s1. The lowest BCUT2D eigenvalue weighted by molar-refractivity contribution is -0.0123. The largest absolute Gasteiger partial charge is 0.497 e. The van der Waals surface area contributed by atoms with E-state index in [0.29, 0.717) is 36.0 Å². The van der Waals surface area contributed by atoms with Crippen LogP contribution >= 0.6 is 0 Å². The Balaban J connectivity index is 1.55. The molecule has 4 rings (SSSR count). The van der Waals surface area contributed by atoms with E-state index in [4.69, 9.17) is 14.2 Å². The molecule has 5 amide bonds. The van der Waals surface area contributed by atoms with Gasteiger partial charge in [-0.15, -0.1) is 0 Å². The summed E-state index contributed by atoms with van der Waals surface area (Å²) >= 11 is 0. The highest BCUT2D eigenvalue weighted by Crippen LogP contribution is 2.29. The molecular formula is C37H55N5O7. The minimum Gasteiger partial charge on any atom is -0.497 e. The molecule has 0 saturated heterocycles. The zero-order valence-corrected chi connectivity index (χ0v) is 29.7. The molecular weight excluding hydrogens is 626 g/mol. The molecule has 1 heterocycles. The molecule has 0 unspecified atom stereocenters. The molecule has 1 aliphatic heterocycles. The summed E-state index contributed by atoms with van der Waals surface area (Å²) in [5, 5.41) is 19.0. The average Bonchev–Trinajstić information content (AvgIpc) is 3.10. The molecule has 0 radical (unpaired) electrons. The first kappa shape index (κ1) is 37.8. The third-order valence-electron chi connectivity index (χ3n) is 9.39. The fourth-order valence-electron chi connectivity index (χ4n) is 6.32. The monoisotopic (exact) mass is 681 g/mol. The molecule has 49 heavy (non-hydrogen) atoms. The summed E-state index contributed by atoms with van der Waals surface area (Å²) in [6.45, 7) is 6.68. The Kier molecular flexibility index (Phi) is 14.4. The van der Waals surface area contributed by atoms with Gasteiger partial charge in [-0.25, -0.2) is 9.59 Å². The van der Waals surface area contributed by atoms with Gasteiger partial charge in [0.05, 0.1) is 37.5 Å². The number of anilines is 2. The number of nitrogens with one attached hydrogen (secondary N) is 3. The second-order valence-corrected chi connectivity index (χ2v) is 13.5. The van der Waals surface area contributed by atoms with Crippen molar-refractivity contribution in [3.63, 3.8) is 0 Å². The van der Waals surface area contributed by atoms with Gasteiger partial charge in [-0.3, -0.25) is 4.79 Å². The number of hydrogen-bond donors (Lipinski definition) is 4. The number of hydrogen-bond acceptors (Lipinski definition) is 7. The first-order chi connectivity index (χ1) is 23.6. The van der Waals surface area contributed by atoms with E-state index in [0.717, 1.165) is 44.9 Å². The van der Waals surface area contributed by atoms with Crippen LogP contribution in [0.5, 0.6) is 11.5 Å². The van der Waals surface area contributed by atoms with Crippen LogP contribution in [0.4, 0.5) is 21.0 Å². The zero-order chi connectivity index (χ0) is 35.3. The second-order valence-electron chi connectivity index (χ2n) is 13.5. The van der Waals surface area contributed by atoms with E-state index in [1.165, 1.54) is 6.42 Å². The van der Waals surface area contributed by atoms with E-state index < -0.39 is 12.1 Å². The second kappa shape index (κ2) is 18.7. The van der Waals surface area contributed by atoms with Gasteiger partial charge in [0.25, 0.3) is 5.91 Å². The van der Waals surface area contributed by atoms with Crippen LogP contribution in [0.15, 0.2) is 42.5 Å². The Hall–Kier alpha value is -4.03. The maximum absolute atomic E-state index is 14.4. The van der Waals surface area contributed by atoms with Crippen molar-refractivity contribution in [2.45, 2.75) is 96.4 Å². The van der Waals surface area contributed by atoms with Crippen LogP contribution in [0.2, 0.25) is 0 Å². The van der Waals surface area contributed by atoms with Crippen molar-refractivity contribution in [2.75, 3.05) is 51.1 Å². The number of methoxy groups -OCH3 is 1. The smallest absolute Gasteiger partial charge is 0.323 e. The van der Waals surface area contributed by atoms with Crippen molar-refractivity contribution < 1.29 is 33.7 Å². The summed E-state index contributed by atoms with van der Waals surface area (Å²) < 4.78 is 17.9. The lowest BCUT2D eigenvalue weighted by Crippen LogP contribution is -2.50. The minimum absolute atomic E-state index is 0.116. The van der Waals surface area contributed by atoms with Crippen LogP contribution in [-0.2, 0) is 4.74 Å². The number of rotatable bonds is 8. The fraction of sp³-hybridized carbons (Fsp3) is 0.595. The van der Waals surface area contributed by atoms with Gasteiger partial charge in [0, 0.05) is 50.1 Å². The van der Waals surface area contributed by atoms with Crippen LogP contribution in [0.1, 0.15) is 82.5 Å². The number of fused-ring (bicyclic) bond motifs is 1. The Morgan fingerprint density at radius 3 is 2.37 bits per heavy atom. The van der Waals surface area contributed by atoms with E-state index in [2.05, 4.69) is 16.0 Å². The first-order valence-corrected chi connectivity index (χ1v) is 17.7. The number of carbonyl (C=O) groups is 3. The summed E-state index contributed by atoms with van der Waals surface area (Å²) in [6, 6.07) is 11.1. The highest BCUT2D eigenvalue weighted by molar-refractivity contribution is 6.02. The van der Waals surface area contributed by atoms with Crippen molar-refractivity contribution in [1.29, 1.82) is 0 Å². The van der Waals surface area contributed by atoms with Crippen LogP contribution in [0.3, 0.4) is 0 Å². The van der Waals surface area contributed by atoms with Gasteiger partial charge >= 0.3 is 12.1 Å². The molecule has 0 spiro atoms. The van der Waals surface area contributed by atoms with E-state index in [1.54, 1.807) is 73.3 Å². The number of urea groups is 2. The number of likely N-dealkylation sites (N-methyl/N-ethyl adjacent to an activating group) is 1. The van der Waals surface area contributed by atoms with Gasteiger partial charge in [0.2, 0.25) is 0 Å². The van der Waals surface area contributed by atoms with Crippen molar-refractivity contribution in [2.24, 2.45) is 5.92 Å². The Morgan fingerprint density at radius 2 is 1.67 bits per heavy atom. The predicted molar refractivity (Wildman–Crippen MR) is 191 cm³/mol. The molecule has 2 aromatic rings. The molecule has 1 aliphatic carbocycles. The van der Waals surface area contributed by atoms with Crippen molar-refractivity contribution in [3.05, 3.63) is 48.0 Å². The highest BCUT2D eigenvalue weighted by atomic mass is 16.5. The minimum atomic E-state index is -0.518. The molecule has 0 bridgehead atoms. The zero-order valence-electron chi connectivity index (χ0n) is 29.7. The van der Waals surface area contributed by atoms with Gasteiger partial charge in [0.15, 0.2) is 0 Å². The lowest BCUT2D eigenvalue weighted by atomic mass is 9.96. The quantitative estimate of drug-likeness (QED) is 0.264. The third-order valence-corrected chi connectivity index (χ3v) is 9.39. The van der Waals surface area contributed by atoms with E-state index in [1.807, 2.05) is 13.8 Å². The molecule has 4 N–H and O–H groups in total. The van der Waals surface area contributed by atoms with Gasteiger partial charge in [-0.2, -0.15) is 0 Å². The van der Waals surface area contributed by atoms with Crippen LogP contribution < -0.4 is 25.4 Å². The summed E-state index contributed by atoms with van der Waals surface area (Å²) in [5.74, 6) is 0.566. The molecule has 1 fully saturated rings. The van der Waals surface area contributed by atoms with Crippen molar-refractivity contribution in [1.82, 2.24) is 15.1 Å². The average molecular weight is 682 g/mol.